The number of carbonyl (C=O) groups excluding carboxylic acids is 3. The van der Waals surface area contributed by atoms with Crippen molar-refractivity contribution in [3.05, 3.63) is 19.0 Å². The number of nitrogen functional groups attached to an aromatic ring is 3. The van der Waals surface area contributed by atoms with Crippen LogP contribution in [0.3, 0.4) is 0 Å². The number of hydrogen-bond donors (Lipinski definition) is 6. The number of hydrogen-bond acceptors (Lipinski definition) is 33. The van der Waals surface area contributed by atoms with Crippen molar-refractivity contribution >= 4 is 127 Å². The Morgan fingerprint density at radius 2 is 0.721 bits per heavy atom. The van der Waals surface area contributed by atoms with Gasteiger partial charge < -0.3 is 59.8 Å². The third kappa shape index (κ3) is 17.9. The zero-order valence-corrected chi connectivity index (χ0v) is 67.8. The van der Waals surface area contributed by atoms with Crippen molar-refractivity contribution in [3.8, 4) is 17.6 Å². The van der Waals surface area contributed by atoms with Crippen LogP contribution < -0.4 is 46.7 Å². The first kappa shape index (κ1) is 82.9. The van der Waals surface area contributed by atoms with E-state index in [9.17, 15) is 28.1 Å². The van der Waals surface area contributed by atoms with Gasteiger partial charge in [-0.25, -0.2) is 43.9 Å². The summed E-state index contributed by atoms with van der Waals surface area (Å²) in [6, 6.07) is -1.41. The molecule has 612 valence electrons. The van der Waals surface area contributed by atoms with E-state index >= 15 is 0 Å². The Balaban J connectivity index is 0.000000146. The van der Waals surface area contributed by atoms with Gasteiger partial charge in [-0.15, -0.1) is 34.8 Å². The molecule has 9 fully saturated rings. The molecule has 9 aliphatic rings. The third-order valence-electron chi connectivity index (χ3n) is 20.5. The van der Waals surface area contributed by atoms with E-state index in [4.69, 9.17) is 122 Å². The van der Waals surface area contributed by atoms with Crippen LogP contribution >= 0.6 is 58.0 Å². The first-order valence-corrected chi connectivity index (χ1v) is 43.1. The molecule has 3 saturated carbocycles. The summed E-state index contributed by atoms with van der Waals surface area (Å²) in [4.78, 5) is 71.5. The van der Waals surface area contributed by atoms with E-state index in [2.05, 4.69) is 60.1 Å². The summed E-state index contributed by atoms with van der Waals surface area (Å²) in [5.74, 6) is -0.0232. The molecule has 39 nitrogen and oxygen atoms in total. The monoisotopic (exact) mass is 1670 g/mol. The number of halogens is 3. The number of nitrogens with two attached hydrogens (primary N) is 3. The van der Waals surface area contributed by atoms with Crippen molar-refractivity contribution in [1.29, 1.82) is 0 Å². The number of carbonyl (C=O) groups is 3. The first-order valence-electron chi connectivity index (χ1n) is 37.4. The Bertz CT molecular complexity index is 4050. The number of fused-ring (bicyclic) bond motifs is 6. The van der Waals surface area contributed by atoms with Gasteiger partial charge in [-0.2, -0.15) is 29.9 Å². The molecule has 0 radical (unpaired) electrons. The van der Waals surface area contributed by atoms with Crippen molar-refractivity contribution in [1.82, 2.24) is 73.8 Å². The van der Waals surface area contributed by atoms with Crippen LogP contribution in [0, 0.1) is 17.8 Å². The van der Waals surface area contributed by atoms with E-state index < -0.39 is 111 Å². The molecule has 6 aliphatic heterocycles. The van der Waals surface area contributed by atoms with Crippen molar-refractivity contribution < 1.29 is 97.9 Å². The molecule has 18 atom stereocenters. The number of nitrogens with zero attached hydrogens (tertiary/aromatic N) is 12. The van der Waals surface area contributed by atoms with Crippen LogP contribution in [-0.4, -0.2) is 205 Å². The maximum atomic E-state index is 13.5. The van der Waals surface area contributed by atoms with E-state index in [1.54, 1.807) is 55.2 Å². The molecular weight excluding hydrogens is 1580 g/mol. The molecular formula is C66H96Cl3N18O21P3. The average Bonchev–Trinajstić information content (AvgIpc) is 1.59. The van der Waals surface area contributed by atoms with Crippen molar-refractivity contribution in [2.45, 2.75) is 227 Å². The van der Waals surface area contributed by atoms with Crippen molar-refractivity contribution in [2.24, 2.45) is 17.8 Å². The topological polar surface area (TPSA) is 486 Å². The lowest BCUT2D eigenvalue weighted by Crippen LogP contribution is -2.46. The highest BCUT2D eigenvalue weighted by Gasteiger charge is 2.63. The lowest BCUT2D eigenvalue weighted by atomic mass is 10.0. The Kier molecular flexibility index (Phi) is 25.4. The van der Waals surface area contributed by atoms with Crippen LogP contribution in [0.15, 0.2) is 19.0 Å². The van der Waals surface area contributed by atoms with E-state index in [-0.39, 0.29) is 111 Å². The van der Waals surface area contributed by atoms with Crippen molar-refractivity contribution in [3.63, 3.8) is 0 Å². The minimum Gasteiger partial charge on any atom is -0.476 e. The molecule has 0 spiro atoms. The fraction of sp³-hybridized carbons (Fsp3) is 0.727. The number of aromatic nitrogens is 12. The standard InChI is InChI=1S/3C22H32ClN6O7P/c3*1-4-32-18-15-17(26-21(24)27-18)29(11-25-15)20-22(3,23)16-14(35-20)10-34-37(31,36-16)28-12(2)9-33-19(30)13-7-5-6-8-13/h3*11-14,16,20H,4-10H2,1-3H3,(H,28,31)(H2,24,26,27)/t12-,14+,16+,20+,22+,37+;12-,14-,16-,20-,22-,37+;12-,14-,16-,20-,22-,37-/m011/s1. The number of nitrogens with one attached hydrogen (secondary N) is 3. The van der Waals surface area contributed by atoms with Gasteiger partial charge in [0.2, 0.25) is 35.5 Å². The quantitative estimate of drug-likeness (QED) is 0.0143. The lowest BCUT2D eigenvalue weighted by Gasteiger charge is -2.36. The Morgan fingerprint density at radius 1 is 0.468 bits per heavy atom. The molecule has 0 aromatic carbocycles. The van der Waals surface area contributed by atoms with Gasteiger partial charge >= 0.3 is 41.1 Å². The second kappa shape index (κ2) is 34.0. The second-order valence-electron chi connectivity index (χ2n) is 29.3. The summed E-state index contributed by atoms with van der Waals surface area (Å²) in [5.41, 5.74) is 20.0. The predicted molar refractivity (Wildman–Crippen MR) is 399 cm³/mol. The third-order valence-corrected chi connectivity index (χ3v) is 26.9. The predicted octanol–water partition coefficient (Wildman–Crippen LogP) is 8.81. The number of anilines is 3. The van der Waals surface area contributed by atoms with Crippen LogP contribution in [0.1, 0.15) is 158 Å². The molecule has 111 heavy (non-hydrogen) atoms. The highest BCUT2D eigenvalue weighted by molar-refractivity contribution is 7.52. The number of ether oxygens (including phenoxy) is 9. The van der Waals surface area contributed by atoms with E-state index in [0.29, 0.717) is 53.3 Å². The largest absolute Gasteiger partial charge is 0.476 e. The van der Waals surface area contributed by atoms with E-state index in [0.717, 1.165) is 77.0 Å². The van der Waals surface area contributed by atoms with Gasteiger partial charge in [-0.05, 0) is 101 Å². The summed E-state index contributed by atoms with van der Waals surface area (Å²) in [5, 5.41) is 8.54. The van der Waals surface area contributed by atoms with Crippen LogP contribution in [0.25, 0.3) is 33.5 Å². The Hall–Kier alpha value is -6.06. The van der Waals surface area contributed by atoms with Crippen LogP contribution in [-0.2, 0) is 83.6 Å². The normalized spacial score (nSPS) is 32.9. The van der Waals surface area contributed by atoms with Gasteiger partial charge in [0, 0.05) is 18.1 Å². The average molecular weight is 1680 g/mol. The van der Waals surface area contributed by atoms with Crippen LogP contribution in [0.5, 0.6) is 17.6 Å². The van der Waals surface area contributed by atoms with Gasteiger partial charge in [0.25, 0.3) is 0 Å². The fourth-order valence-corrected chi connectivity index (χ4v) is 21.7. The summed E-state index contributed by atoms with van der Waals surface area (Å²) in [7, 11) is -11.3. The van der Waals surface area contributed by atoms with Gasteiger partial charge in [0.05, 0.1) is 76.4 Å². The molecule has 6 saturated heterocycles. The summed E-state index contributed by atoms with van der Waals surface area (Å²) in [6.07, 6.45) is 9.32. The smallest absolute Gasteiger partial charge is 0.406 e. The highest BCUT2D eigenvalue weighted by Crippen LogP contribution is 2.61. The molecule has 12 heterocycles. The molecule has 9 N–H and O–H groups in total. The SMILES string of the molecule is CCOc1nc(N)nc2c1ncn2[C@@H]1O[C@@H]2CO[P@@](=O)(N[C@H](C)COC(=O)C3CCCC3)O[C@H]2[C@@]1(C)Cl.CCOc1nc(N)nc2c1ncn2[C@@H]1O[C@@H]2CO[P@](=O)(N[C@@H](C)COC(=O)C3CCCC3)O[C@H]2[C@@]1(C)Cl.CCOc1nc(N)nc2c1ncn2[C@@H]1O[C@@H]2CO[P@](=O)(N[C@H](C)COC(=O)C3CCCC3)O[C@H]2[C@@]1(C)Cl. The maximum absolute atomic E-state index is 13.5. The molecule has 45 heteroatoms. The molecule has 0 amide bonds. The number of imidazole rings is 3. The van der Waals surface area contributed by atoms with E-state index in [1.165, 1.54) is 19.0 Å². The fourth-order valence-electron chi connectivity index (χ4n) is 15.1. The number of alkyl halides is 3. The zero-order valence-electron chi connectivity index (χ0n) is 62.9. The van der Waals surface area contributed by atoms with Gasteiger partial charge in [-0.1, -0.05) is 38.5 Å². The number of rotatable bonds is 24. The van der Waals surface area contributed by atoms with Gasteiger partial charge in [0.15, 0.2) is 52.2 Å². The molecule has 3 aliphatic carbocycles. The second-order valence-corrected chi connectivity index (χ2v) is 37.0. The summed E-state index contributed by atoms with van der Waals surface area (Å²) < 4.78 is 131. The Morgan fingerprint density at radius 3 is 0.964 bits per heavy atom. The van der Waals surface area contributed by atoms with Gasteiger partial charge in [0.1, 0.15) is 71.1 Å². The molecule has 0 unspecified atom stereocenters. The van der Waals surface area contributed by atoms with E-state index in [1.807, 2.05) is 20.8 Å². The molecule has 15 rings (SSSR count). The Labute approximate surface area is 654 Å². The zero-order chi connectivity index (χ0) is 79.1. The highest BCUT2D eigenvalue weighted by atomic mass is 35.5. The molecule has 0 bridgehead atoms. The molecule has 6 aromatic rings. The van der Waals surface area contributed by atoms with Crippen LogP contribution in [0.2, 0.25) is 0 Å². The molecule has 6 aromatic heterocycles. The maximum Gasteiger partial charge on any atom is 0.406 e. The van der Waals surface area contributed by atoms with Gasteiger partial charge in [-0.3, -0.25) is 55.2 Å². The minimum absolute atomic E-state index is 0.0142. The summed E-state index contributed by atoms with van der Waals surface area (Å²) in [6.45, 7) is 17.1. The number of esters is 3. The van der Waals surface area contributed by atoms with Crippen LogP contribution in [0.4, 0.5) is 17.8 Å². The van der Waals surface area contributed by atoms with Crippen molar-refractivity contribution in [2.75, 3.05) is 76.7 Å². The first-order chi connectivity index (χ1) is 52.8. The summed E-state index contributed by atoms with van der Waals surface area (Å²) >= 11 is 21.0. The lowest BCUT2D eigenvalue weighted by molar-refractivity contribution is -0.149. The minimum atomic E-state index is -3.78.